The molecule has 1 aliphatic heterocycles. The smallest absolute Gasteiger partial charge is 0.335 e. The number of hydrogen-bond acceptors (Lipinski definition) is 8. The van der Waals surface area contributed by atoms with Gasteiger partial charge in [0.15, 0.2) is 12.3 Å². The van der Waals surface area contributed by atoms with Gasteiger partial charge in [-0.15, -0.1) is 0 Å². The van der Waals surface area contributed by atoms with E-state index in [9.17, 15) is 34.4 Å². The number of nitrogens with one attached hydrogen (secondary N) is 1. The van der Waals surface area contributed by atoms with E-state index in [-0.39, 0.29) is 22.4 Å². The number of aromatic nitrogens is 2. The monoisotopic (exact) mass is 459 g/mol. The number of aliphatic carboxylic acids is 1. The van der Waals surface area contributed by atoms with E-state index in [0.29, 0.717) is 5.69 Å². The number of alkyl halides is 1. The minimum Gasteiger partial charge on any atom is -0.479 e. The first-order chi connectivity index (χ1) is 15.7. The lowest BCUT2D eigenvalue weighted by molar-refractivity contribution is -0.221. The normalized spacial score (nSPS) is 25.2. The SMILES string of the molecule is Cc1ccccc1-n1c(CF)nc2ccc(NC3OC(C(=O)O)C(O)C(O)C3O)cc2c1=O. The van der Waals surface area contributed by atoms with E-state index in [2.05, 4.69) is 10.3 Å². The number of carbonyl (C=O) groups is 1. The molecule has 5 N–H and O–H groups in total. The molecule has 2 heterocycles. The Bertz CT molecular complexity index is 1260. The van der Waals surface area contributed by atoms with Crippen LogP contribution < -0.4 is 10.9 Å². The van der Waals surface area contributed by atoms with E-state index < -0.39 is 48.8 Å². The number of fused-ring (bicyclic) bond motifs is 1. The fourth-order valence-electron chi connectivity index (χ4n) is 3.84. The van der Waals surface area contributed by atoms with Crippen LogP contribution in [0.25, 0.3) is 16.6 Å². The number of aliphatic hydroxyl groups excluding tert-OH is 3. The zero-order chi connectivity index (χ0) is 23.9. The lowest BCUT2D eigenvalue weighted by Gasteiger charge is -2.39. The molecule has 4 rings (SSSR count). The molecule has 1 fully saturated rings. The largest absolute Gasteiger partial charge is 0.479 e. The molecule has 5 unspecified atom stereocenters. The van der Waals surface area contributed by atoms with E-state index in [1.165, 1.54) is 22.8 Å². The summed E-state index contributed by atoms with van der Waals surface area (Å²) in [4.78, 5) is 28.9. The number of aliphatic hydroxyl groups is 3. The summed E-state index contributed by atoms with van der Waals surface area (Å²) in [6, 6.07) is 11.3. The van der Waals surface area contributed by atoms with Crippen LogP contribution in [0.5, 0.6) is 0 Å². The Kier molecular flexibility index (Phi) is 6.13. The van der Waals surface area contributed by atoms with E-state index >= 15 is 0 Å². The van der Waals surface area contributed by atoms with Crippen molar-refractivity contribution in [3.05, 3.63) is 64.2 Å². The molecule has 5 atom stereocenters. The molecule has 10 nitrogen and oxygen atoms in total. The molecule has 0 amide bonds. The van der Waals surface area contributed by atoms with Crippen LogP contribution in [0.2, 0.25) is 0 Å². The van der Waals surface area contributed by atoms with Gasteiger partial charge in [0.1, 0.15) is 30.8 Å². The standard InChI is InChI=1S/C22H22FN3O7/c1-10-4-2-3-5-14(10)26-15(9-23)25-13-7-6-11(8-12(13)21(26)30)24-20-18(29)16(27)17(28)19(33-20)22(31)32/h2-8,16-20,24,27-29H,9H2,1H3,(H,31,32). The summed E-state index contributed by atoms with van der Waals surface area (Å²) >= 11 is 0. The highest BCUT2D eigenvalue weighted by atomic mass is 19.1. The second-order valence-corrected chi connectivity index (χ2v) is 7.75. The number of anilines is 1. The van der Waals surface area contributed by atoms with Crippen LogP contribution >= 0.6 is 0 Å². The molecule has 0 saturated carbocycles. The molecule has 0 radical (unpaired) electrons. The molecule has 0 bridgehead atoms. The molecule has 1 saturated heterocycles. The lowest BCUT2D eigenvalue weighted by atomic mass is 9.98. The average molecular weight is 459 g/mol. The van der Waals surface area contributed by atoms with Crippen LogP contribution in [0.15, 0.2) is 47.3 Å². The third-order valence-electron chi connectivity index (χ3n) is 5.58. The van der Waals surface area contributed by atoms with E-state index in [0.717, 1.165) is 5.56 Å². The molecule has 33 heavy (non-hydrogen) atoms. The quantitative estimate of drug-likeness (QED) is 0.366. The van der Waals surface area contributed by atoms with E-state index in [1.54, 1.807) is 31.2 Å². The van der Waals surface area contributed by atoms with Crippen molar-refractivity contribution in [2.45, 2.75) is 44.2 Å². The highest BCUT2D eigenvalue weighted by Crippen LogP contribution is 2.25. The van der Waals surface area contributed by atoms with Gasteiger partial charge in [-0.25, -0.2) is 14.2 Å². The van der Waals surface area contributed by atoms with Gasteiger partial charge in [-0.3, -0.25) is 9.36 Å². The van der Waals surface area contributed by atoms with Crippen molar-refractivity contribution >= 4 is 22.6 Å². The van der Waals surface area contributed by atoms with Crippen molar-refractivity contribution in [3.8, 4) is 5.69 Å². The Morgan fingerprint density at radius 1 is 1.15 bits per heavy atom. The molecule has 2 aromatic carbocycles. The maximum Gasteiger partial charge on any atom is 0.335 e. The van der Waals surface area contributed by atoms with Crippen molar-refractivity contribution in [2.75, 3.05) is 5.32 Å². The summed E-state index contributed by atoms with van der Waals surface area (Å²) in [5.41, 5.74) is 1.20. The number of rotatable bonds is 5. The fourth-order valence-corrected chi connectivity index (χ4v) is 3.84. The Morgan fingerprint density at radius 2 is 1.88 bits per heavy atom. The van der Waals surface area contributed by atoms with Gasteiger partial charge >= 0.3 is 5.97 Å². The molecular weight excluding hydrogens is 437 g/mol. The van der Waals surface area contributed by atoms with Gasteiger partial charge in [0.05, 0.1) is 16.6 Å². The highest BCUT2D eigenvalue weighted by molar-refractivity contribution is 5.82. The molecule has 0 aliphatic carbocycles. The molecule has 11 heteroatoms. The third kappa shape index (κ3) is 4.07. The molecule has 174 valence electrons. The van der Waals surface area contributed by atoms with Crippen molar-refractivity contribution in [3.63, 3.8) is 0 Å². The van der Waals surface area contributed by atoms with Gasteiger partial charge in [-0.05, 0) is 36.8 Å². The minimum absolute atomic E-state index is 0.0602. The first-order valence-electron chi connectivity index (χ1n) is 10.1. The second-order valence-electron chi connectivity index (χ2n) is 7.75. The lowest BCUT2D eigenvalue weighted by Crippen LogP contribution is -2.61. The number of para-hydroxylation sites is 1. The maximum atomic E-state index is 13.7. The van der Waals surface area contributed by atoms with Crippen LogP contribution in [-0.4, -0.2) is 66.6 Å². The minimum atomic E-state index is -1.82. The van der Waals surface area contributed by atoms with Gasteiger partial charge in [-0.2, -0.15) is 0 Å². The predicted molar refractivity (Wildman–Crippen MR) is 115 cm³/mol. The molecule has 1 aromatic heterocycles. The number of carboxylic acids is 1. The van der Waals surface area contributed by atoms with Crippen molar-refractivity contribution in [1.29, 1.82) is 0 Å². The van der Waals surface area contributed by atoms with Gasteiger partial charge in [-0.1, -0.05) is 18.2 Å². The van der Waals surface area contributed by atoms with Crippen molar-refractivity contribution in [1.82, 2.24) is 9.55 Å². The fraction of sp³-hybridized carbons (Fsp3) is 0.318. The maximum absolute atomic E-state index is 13.7. The number of benzene rings is 2. The Labute approximate surface area is 186 Å². The van der Waals surface area contributed by atoms with Crippen molar-refractivity contribution in [2.24, 2.45) is 0 Å². The van der Waals surface area contributed by atoms with Gasteiger partial charge in [0.25, 0.3) is 5.56 Å². The summed E-state index contributed by atoms with van der Waals surface area (Å²) in [6.07, 6.45) is -8.41. The number of ether oxygens (including phenoxy) is 1. The highest BCUT2D eigenvalue weighted by Gasteiger charge is 2.47. The Balaban J connectivity index is 1.75. The van der Waals surface area contributed by atoms with Crippen LogP contribution in [0.1, 0.15) is 11.4 Å². The van der Waals surface area contributed by atoms with Gasteiger partial charge in [0, 0.05) is 5.69 Å². The number of carboxylic acid groups (broad SMARTS) is 1. The van der Waals surface area contributed by atoms with Crippen molar-refractivity contribution < 1.29 is 34.3 Å². The average Bonchev–Trinajstić information content (AvgIpc) is 2.80. The first kappa shape index (κ1) is 22.8. The first-order valence-corrected chi connectivity index (χ1v) is 10.1. The number of hydrogen-bond donors (Lipinski definition) is 5. The second kappa shape index (κ2) is 8.87. The third-order valence-corrected chi connectivity index (χ3v) is 5.58. The number of halogens is 1. The van der Waals surface area contributed by atoms with E-state index in [4.69, 9.17) is 4.74 Å². The van der Waals surface area contributed by atoms with Crippen LogP contribution in [-0.2, 0) is 16.2 Å². The molecule has 1 aliphatic rings. The Morgan fingerprint density at radius 3 is 2.55 bits per heavy atom. The summed E-state index contributed by atoms with van der Waals surface area (Å²) in [5, 5.41) is 42.1. The predicted octanol–water partition coefficient (Wildman–Crippen LogP) is 0.468. The number of nitrogens with zero attached hydrogens (tertiary/aromatic N) is 2. The summed E-state index contributed by atoms with van der Waals surface area (Å²) in [5.74, 6) is -1.57. The van der Waals surface area contributed by atoms with Gasteiger partial charge < -0.3 is 30.5 Å². The topological polar surface area (TPSA) is 154 Å². The molecule has 3 aromatic rings. The summed E-state index contributed by atoms with van der Waals surface area (Å²) in [7, 11) is 0. The Hall–Kier alpha value is -3.38. The van der Waals surface area contributed by atoms with Crippen LogP contribution in [0.4, 0.5) is 10.1 Å². The van der Waals surface area contributed by atoms with E-state index in [1.807, 2.05) is 0 Å². The summed E-state index contributed by atoms with van der Waals surface area (Å²) < 4.78 is 20.1. The summed E-state index contributed by atoms with van der Waals surface area (Å²) in [6.45, 7) is 0.824. The molecular formula is C22H22FN3O7. The zero-order valence-corrected chi connectivity index (χ0v) is 17.4. The van der Waals surface area contributed by atoms with Crippen LogP contribution in [0, 0.1) is 6.92 Å². The number of aryl methyl sites for hydroxylation is 1. The zero-order valence-electron chi connectivity index (χ0n) is 17.4. The molecule has 0 spiro atoms. The van der Waals surface area contributed by atoms with Crippen LogP contribution in [0.3, 0.4) is 0 Å². The van der Waals surface area contributed by atoms with Gasteiger partial charge in [0.2, 0.25) is 0 Å².